The van der Waals surface area contributed by atoms with E-state index in [9.17, 15) is 0 Å². The van der Waals surface area contributed by atoms with Gasteiger partial charge < -0.3 is 0 Å². The van der Waals surface area contributed by atoms with E-state index in [4.69, 9.17) is 0 Å². The van der Waals surface area contributed by atoms with Crippen molar-refractivity contribution in [3.8, 4) is 0 Å². The molecule has 1 saturated heterocycles. The van der Waals surface area contributed by atoms with E-state index in [1.165, 1.54) is 0 Å². The van der Waals surface area contributed by atoms with Gasteiger partial charge in [0.1, 0.15) is 0 Å². The van der Waals surface area contributed by atoms with Crippen LogP contribution in [-0.4, -0.2) is 13.1 Å². The molecule has 0 saturated carbocycles. The molecule has 2 nitrogen and oxygen atoms in total. The summed E-state index contributed by atoms with van der Waals surface area (Å²) < 4.78 is 0. The van der Waals surface area contributed by atoms with E-state index in [1.807, 2.05) is 0 Å². The molecule has 0 aromatic heterocycles. The molecule has 8 heavy (non-hydrogen) atoms. The molecular weight excluding hydrogens is 147 g/mol. The van der Waals surface area contributed by atoms with Crippen molar-refractivity contribution in [2.24, 2.45) is 5.92 Å². The molecule has 1 fully saturated rings. The first-order chi connectivity index (χ1) is 2.89. The maximum absolute atomic E-state index is 3.02. The summed E-state index contributed by atoms with van der Waals surface area (Å²) in [6.07, 6.45) is 0. The van der Waals surface area contributed by atoms with Crippen LogP contribution in [0.5, 0.6) is 0 Å². The van der Waals surface area contributed by atoms with Crippen molar-refractivity contribution in [1.29, 1.82) is 0 Å². The molecule has 52 valence electrons. The van der Waals surface area contributed by atoms with Crippen LogP contribution in [-0.2, 0) is 0 Å². The Bertz CT molecular complexity index is 45.3. The molecule has 0 aromatic rings. The summed E-state index contributed by atoms with van der Waals surface area (Å²) in [5, 5.41) is 0. The predicted molar refractivity (Wildman–Crippen MR) is 39.7 cm³/mol. The van der Waals surface area contributed by atoms with Gasteiger partial charge in [-0.05, 0) is 5.92 Å². The quantitative estimate of drug-likeness (QED) is 0.540. The average molecular weight is 159 g/mol. The van der Waals surface area contributed by atoms with Crippen LogP contribution in [0, 0.1) is 5.92 Å². The fraction of sp³-hybridized carbons (Fsp3) is 1.00. The highest BCUT2D eigenvalue weighted by atomic mass is 35.5. The van der Waals surface area contributed by atoms with Crippen LogP contribution in [0.25, 0.3) is 0 Å². The number of halogens is 2. The van der Waals surface area contributed by atoms with Crippen molar-refractivity contribution >= 4 is 24.8 Å². The fourth-order valence-electron chi connectivity index (χ4n) is 0.565. The molecule has 0 spiro atoms. The van der Waals surface area contributed by atoms with Gasteiger partial charge in [0.05, 0.1) is 0 Å². The predicted octanol–water partition coefficient (Wildman–Crippen LogP) is 0.574. The SMILES string of the molecule is CC1CNNC1.Cl.Cl. The second-order valence-electron chi connectivity index (χ2n) is 1.87. The molecule has 0 unspecified atom stereocenters. The molecule has 2 N–H and O–H groups in total. The molecule has 1 aliphatic heterocycles. The van der Waals surface area contributed by atoms with Crippen LogP contribution in [0.4, 0.5) is 0 Å². The number of rotatable bonds is 0. The second kappa shape index (κ2) is 5.63. The van der Waals surface area contributed by atoms with Gasteiger partial charge in [0, 0.05) is 13.1 Å². The first kappa shape index (κ1) is 11.3. The van der Waals surface area contributed by atoms with Crippen LogP contribution in [0.15, 0.2) is 0 Å². The highest BCUT2D eigenvalue weighted by molar-refractivity contribution is 5.85. The zero-order valence-corrected chi connectivity index (χ0v) is 6.44. The Hall–Kier alpha value is 0.500. The summed E-state index contributed by atoms with van der Waals surface area (Å²) in [7, 11) is 0. The van der Waals surface area contributed by atoms with Crippen LogP contribution in [0.3, 0.4) is 0 Å². The largest absolute Gasteiger partial charge is 0.258 e. The lowest BCUT2D eigenvalue weighted by Crippen LogP contribution is -2.21. The Morgan fingerprint density at radius 1 is 1.12 bits per heavy atom. The summed E-state index contributed by atoms with van der Waals surface area (Å²) in [5.41, 5.74) is 6.04. The third-order valence-corrected chi connectivity index (χ3v) is 1.03. The molecule has 0 aromatic carbocycles. The van der Waals surface area contributed by atoms with E-state index in [1.54, 1.807) is 0 Å². The highest BCUT2D eigenvalue weighted by Crippen LogP contribution is 1.91. The van der Waals surface area contributed by atoms with Crippen LogP contribution < -0.4 is 10.9 Å². The molecule has 0 atom stereocenters. The number of hydrogen-bond donors (Lipinski definition) is 2. The van der Waals surface area contributed by atoms with Gasteiger partial charge in [-0.15, -0.1) is 24.8 Å². The molecule has 0 bridgehead atoms. The van der Waals surface area contributed by atoms with E-state index < -0.39 is 0 Å². The van der Waals surface area contributed by atoms with E-state index in [2.05, 4.69) is 17.8 Å². The van der Waals surface area contributed by atoms with Crippen molar-refractivity contribution in [2.75, 3.05) is 13.1 Å². The van der Waals surface area contributed by atoms with Gasteiger partial charge in [-0.3, -0.25) is 10.9 Å². The summed E-state index contributed by atoms with van der Waals surface area (Å²) in [5.74, 6) is 0.824. The van der Waals surface area contributed by atoms with Crippen molar-refractivity contribution in [3.63, 3.8) is 0 Å². The minimum atomic E-state index is 0. The van der Waals surface area contributed by atoms with Gasteiger partial charge in [0.2, 0.25) is 0 Å². The Morgan fingerprint density at radius 2 is 1.50 bits per heavy atom. The van der Waals surface area contributed by atoms with E-state index in [-0.39, 0.29) is 24.8 Å². The molecule has 0 aliphatic carbocycles. The van der Waals surface area contributed by atoms with Gasteiger partial charge in [0.15, 0.2) is 0 Å². The number of nitrogens with one attached hydrogen (secondary N) is 2. The number of hydrogen-bond acceptors (Lipinski definition) is 2. The van der Waals surface area contributed by atoms with E-state index in [0.717, 1.165) is 19.0 Å². The molecule has 1 aliphatic rings. The summed E-state index contributed by atoms with van der Waals surface area (Å²) >= 11 is 0. The molecule has 1 rings (SSSR count). The first-order valence-corrected chi connectivity index (χ1v) is 2.35. The van der Waals surface area contributed by atoms with Gasteiger partial charge in [0.25, 0.3) is 0 Å². The summed E-state index contributed by atoms with van der Waals surface area (Å²) in [4.78, 5) is 0. The summed E-state index contributed by atoms with van der Waals surface area (Å²) in [6, 6.07) is 0. The highest BCUT2D eigenvalue weighted by Gasteiger charge is 2.05. The van der Waals surface area contributed by atoms with Gasteiger partial charge in [-0.25, -0.2) is 0 Å². The lowest BCUT2D eigenvalue weighted by atomic mass is 10.2. The third kappa shape index (κ3) is 3.50. The third-order valence-electron chi connectivity index (χ3n) is 1.03. The van der Waals surface area contributed by atoms with Gasteiger partial charge >= 0.3 is 0 Å². The second-order valence-corrected chi connectivity index (χ2v) is 1.87. The average Bonchev–Trinajstić information content (AvgIpc) is 1.86. The van der Waals surface area contributed by atoms with Crippen molar-refractivity contribution < 1.29 is 0 Å². The lowest BCUT2D eigenvalue weighted by Gasteiger charge is -1.88. The van der Waals surface area contributed by atoms with Crippen LogP contribution in [0.1, 0.15) is 6.92 Å². The standard InChI is InChI=1S/C4H10N2.2ClH/c1-4-2-5-6-3-4;;/h4-6H,2-3H2,1H3;2*1H. The Labute approximate surface area is 62.2 Å². The zero-order valence-electron chi connectivity index (χ0n) is 4.81. The van der Waals surface area contributed by atoms with Crippen molar-refractivity contribution in [3.05, 3.63) is 0 Å². The normalized spacial score (nSPS) is 19.1. The molecule has 0 amide bonds. The van der Waals surface area contributed by atoms with Crippen molar-refractivity contribution in [2.45, 2.75) is 6.92 Å². The minimum Gasteiger partial charge on any atom is -0.258 e. The van der Waals surface area contributed by atoms with Gasteiger partial charge in [-0.1, -0.05) is 6.92 Å². The minimum absolute atomic E-state index is 0. The first-order valence-electron chi connectivity index (χ1n) is 2.35. The van der Waals surface area contributed by atoms with Gasteiger partial charge in [-0.2, -0.15) is 0 Å². The smallest absolute Gasteiger partial charge is 0.0138 e. The topological polar surface area (TPSA) is 24.1 Å². The maximum Gasteiger partial charge on any atom is 0.0138 e. The molecule has 0 radical (unpaired) electrons. The molecular formula is C4H12Cl2N2. The zero-order chi connectivity index (χ0) is 4.41. The van der Waals surface area contributed by atoms with E-state index >= 15 is 0 Å². The van der Waals surface area contributed by atoms with E-state index in [0.29, 0.717) is 0 Å². The monoisotopic (exact) mass is 158 g/mol. The Balaban J connectivity index is 0. The lowest BCUT2D eigenvalue weighted by molar-refractivity contribution is 0.685. The fourth-order valence-corrected chi connectivity index (χ4v) is 0.565. The summed E-state index contributed by atoms with van der Waals surface area (Å²) in [6.45, 7) is 4.47. The number of hydrazine groups is 1. The van der Waals surface area contributed by atoms with Crippen LogP contribution >= 0.6 is 24.8 Å². The van der Waals surface area contributed by atoms with Crippen molar-refractivity contribution in [1.82, 2.24) is 10.9 Å². The van der Waals surface area contributed by atoms with Crippen LogP contribution in [0.2, 0.25) is 0 Å². The molecule has 4 heteroatoms. The Kier molecular flexibility index (Phi) is 7.97. The maximum atomic E-state index is 3.02. The Morgan fingerprint density at radius 3 is 1.62 bits per heavy atom. The molecule has 1 heterocycles.